The number of ether oxygens (including phenoxy) is 1. The van der Waals surface area contributed by atoms with Gasteiger partial charge in [0.25, 0.3) is 0 Å². The quantitative estimate of drug-likeness (QED) is 0.190. The number of carboxylic acids is 1. The van der Waals surface area contributed by atoms with Crippen LogP contribution in [0.4, 0.5) is 0 Å². The van der Waals surface area contributed by atoms with E-state index in [1.807, 2.05) is 0 Å². The molecule has 188 valence electrons. The molecule has 6 N–H and O–H groups in total. The highest BCUT2D eigenvalue weighted by molar-refractivity contribution is 5.92. The summed E-state index contributed by atoms with van der Waals surface area (Å²) in [6.45, 7) is 5.11. The van der Waals surface area contributed by atoms with Crippen LogP contribution in [0.5, 0.6) is 0 Å². The molecule has 33 heavy (non-hydrogen) atoms. The SMILES string of the molecule is CCCCCCCC(=O)N[C@@H]1C[C@H]1O[C@@H](C)C(=O)N[C@@H](C)C(=O)N[C@H](CCC(=O)O)C(N)=O. The molecular weight excluding hydrogens is 432 g/mol. The van der Waals surface area contributed by atoms with Gasteiger partial charge in [-0.1, -0.05) is 32.6 Å². The molecule has 1 saturated carbocycles. The van der Waals surface area contributed by atoms with E-state index in [0.717, 1.165) is 25.7 Å². The zero-order valence-corrected chi connectivity index (χ0v) is 19.7. The summed E-state index contributed by atoms with van der Waals surface area (Å²) in [6.07, 6.45) is 4.88. The van der Waals surface area contributed by atoms with Crippen molar-refractivity contribution in [3.63, 3.8) is 0 Å². The first-order valence-corrected chi connectivity index (χ1v) is 11.6. The van der Waals surface area contributed by atoms with E-state index < -0.39 is 41.9 Å². The first-order valence-electron chi connectivity index (χ1n) is 11.6. The number of carbonyl (C=O) groups excluding carboxylic acids is 4. The highest BCUT2D eigenvalue weighted by Gasteiger charge is 2.41. The Balaban J connectivity index is 2.33. The summed E-state index contributed by atoms with van der Waals surface area (Å²) in [7, 11) is 0. The van der Waals surface area contributed by atoms with Gasteiger partial charge < -0.3 is 31.5 Å². The Morgan fingerprint density at radius 3 is 2.27 bits per heavy atom. The van der Waals surface area contributed by atoms with Crippen LogP contribution in [0, 0.1) is 0 Å². The van der Waals surface area contributed by atoms with Crippen molar-refractivity contribution in [2.24, 2.45) is 5.73 Å². The third-order valence-electron chi connectivity index (χ3n) is 5.39. The number of hydrogen-bond acceptors (Lipinski definition) is 6. The molecule has 0 aromatic heterocycles. The molecule has 0 radical (unpaired) electrons. The number of unbranched alkanes of at least 4 members (excludes halogenated alkanes) is 4. The fraction of sp³-hybridized carbons (Fsp3) is 0.773. The van der Waals surface area contributed by atoms with Gasteiger partial charge in [0.05, 0.1) is 12.1 Å². The lowest BCUT2D eigenvalue weighted by Crippen LogP contribution is -2.53. The molecule has 5 atom stereocenters. The van der Waals surface area contributed by atoms with Crippen LogP contribution in [0.2, 0.25) is 0 Å². The first-order chi connectivity index (χ1) is 15.5. The number of hydrogen-bond donors (Lipinski definition) is 5. The van der Waals surface area contributed by atoms with E-state index in [9.17, 15) is 24.0 Å². The van der Waals surface area contributed by atoms with E-state index in [2.05, 4.69) is 22.9 Å². The van der Waals surface area contributed by atoms with Gasteiger partial charge in [-0.15, -0.1) is 0 Å². The van der Waals surface area contributed by atoms with Gasteiger partial charge in [0.1, 0.15) is 18.2 Å². The second-order valence-corrected chi connectivity index (χ2v) is 8.52. The topological polar surface area (TPSA) is 177 Å². The third-order valence-corrected chi connectivity index (χ3v) is 5.39. The molecule has 11 heteroatoms. The average Bonchev–Trinajstić information content (AvgIpc) is 3.46. The second kappa shape index (κ2) is 14.5. The van der Waals surface area contributed by atoms with Crippen molar-refractivity contribution < 1.29 is 33.8 Å². The molecule has 0 aromatic carbocycles. The first kappa shape index (κ1) is 28.3. The van der Waals surface area contributed by atoms with Gasteiger partial charge >= 0.3 is 5.97 Å². The maximum Gasteiger partial charge on any atom is 0.303 e. The molecule has 0 heterocycles. The summed E-state index contributed by atoms with van der Waals surface area (Å²) in [4.78, 5) is 58.6. The van der Waals surface area contributed by atoms with E-state index >= 15 is 0 Å². The predicted molar refractivity (Wildman–Crippen MR) is 120 cm³/mol. The van der Waals surface area contributed by atoms with Crippen LogP contribution in [-0.4, -0.2) is 65.0 Å². The number of carbonyl (C=O) groups is 5. The van der Waals surface area contributed by atoms with E-state index in [4.69, 9.17) is 15.6 Å². The maximum atomic E-state index is 12.3. The summed E-state index contributed by atoms with van der Waals surface area (Å²) in [5.74, 6) is -3.18. The lowest BCUT2D eigenvalue weighted by Gasteiger charge is -2.20. The predicted octanol–water partition coefficient (Wildman–Crippen LogP) is 0.349. The Morgan fingerprint density at radius 2 is 1.67 bits per heavy atom. The zero-order chi connectivity index (χ0) is 25.0. The van der Waals surface area contributed by atoms with Gasteiger partial charge in [0.15, 0.2) is 0 Å². The fourth-order valence-corrected chi connectivity index (χ4v) is 3.21. The molecule has 1 rings (SSSR count). The van der Waals surface area contributed by atoms with Crippen LogP contribution in [0.15, 0.2) is 0 Å². The molecular formula is C22H38N4O7. The van der Waals surface area contributed by atoms with Crippen molar-refractivity contribution in [3.05, 3.63) is 0 Å². The molecule has 0 unspecified atom stereocenters. The molecule has 0 aliphatic heterocycles. The van der Waals surface area contributed by atoms with Gasteiger partial charge in [0, 0.05) is 12.8 Å². The van der Waals surface area contributed by atoms with Gasteiger partial charge in [-0.05, 0) is 33.1 Å². The number of carboxylic acid groups (broad SMARTS) is 1. The fourth-order valence-electron chi connectivity index (χ4n) is 3.21. The molecule has 0 aromatic rings. The van der Waals surface area contributed by atoms with E-state index in [1.54, 1.807) is 6.92 Å². The normalized spacial score (nSPS) is 19.6. The molecule has 4 amide bonds. The molecule has 0 spiro atoms. The highest BCUT2D eigenvalue weighted by Crippen LogP contribution is 2.27. The second-order valence-electron chi connectivity index (χ2n) is 8.52. The largest absolute Gasteiger partial charge is 0.481 e. The third kappa shape index (κ3) is 11.7. The number of aliphatic carboxylic acids is 1. The minimum atomic E-state index is -1.15. The van der Waals surface area contributed by atoms with Crippen molar-refractivity contribution in [1.82, 2.24) is 16.0 Å². The lowest BCUT2D eigenvalue weighted by molar-refractivity contribution is -0.138. The Labute approximate surface area is 194 Å². The van der Waals surface area contributed by atoms with Crippen LogP contribution in [0.1, 0.15) is 78.6 Å². The zero-order valence-electron chi connectivity index (χ0n) is 19.7. The Morgan fingerprint density at radius 1 is 1.00 bits per heavy atom. The smallest absolute Gasteiger partial charge is 0.303 e. The number of nitrogens with two attached hydrogens (primary N) is 1. The minimum absolute atomic E-state index is 0.0168. The molecule has 1 aliphatic rings. The molecule has 11 nitrogen and oxygen atoms in total. The van der Waals surface area contributed by atoms with Crippen molar-refractivity contribution in [2.75, 3.05) is 0 Å². The Hall–Kier alpha value is -2.69. The highest BCUT2D eigenvalue weighted by atomic mass is 16.5. The van der Waals surface area contributed by atoms with Crippen LogP contribution >= 0.6 is 0 Å². The molecule has 0 saturated heterocycles. The number of rotatable bonds is 17. The summed E-state index contributed by atoms with van der Waals surface area (Å²) in [6, 6.07) is -2.25. The van der Waals surface area contributed by atoms with Crippen LogP contribution in [0.25, 0.3) is 0 Å². The monoisotopic (exact) mass is 470 g/mol. The van der Waals surface area contributed by atoms with Crippen molar-refractivity contribution in [1.29, 1.82) is 0 Å². The Bertz CT molecular complexity index is 700. The average molecular weight is 471 g/mol. The summed E-state index contributed by atoms with van der Waals surface area (Å²) < 4.78 is 5.66. The van der Waals surface area contributed by atoms with Gasteiger partial charge in [-0.25, -0.2) is 0 Å². The molecule has 0 bridgehead atoms. The van der Waals surface area contributed by atoms with Crippen LogP contribution in [0.3, 0.4) is 0 Å². The van der Waals surface area contributed by atoms with Crippen LogP contribution < -0.4 is 21.7 Å². The molecule has 1 fully saturated rings. The van der Waals surface area contributed by atoms with Crippen LogP contribution in [-0.2, 0) is 28.7 Å². The lowest BCUT2D eigenvalue weighted by atomic mass is 10.1. The van der Waals surface area contributed by atoms with Gasteiger partial charge in [-0.3, -0.25) is 24.0 Å². The van der Waals surface area contributed by atoms with E-state index in [-0.39, 0.29) is 30.9 Å². The van der Waals surface area contributed by atoms with Gasteiger partial charge in [0.2, 0.25) is 23.6 Å². The van der Waals surface area contributed by atoms with Crippen molar-refractivity contribution >= 4 is 29.6 Å². The maximum absolute atomic E-state index is 12.3. The summed E-state index contributed by atoms with van der Waals surface area (Å²) in [5.41, 5.74) is 5.19. The molecule has 1 aliphatic carbocycles. The standard InChI is InChI=1S/C22H38N4O7/c1-4-5-6-7-8-9-18(27)25-16-12-17(16)33-14(3)22(32)24-13(2)21(31)26-15(20(23)30)10-11-19(28)29/h13-17H,4-12H2,1-3H3,(H2,23,30)(H,24,32)(H,25,27)(H,26,31)(H,28,29)/t13-,14-,15+,16+,17+/m0/s1. The number of nitrogens with one attached hydrogen (secondary N) is 3. The van der Waals surface area contributed by atoms with E-state index in [0.29, 0.717) is 12.8 Å². The Kier molecular flexibility index (Phi) is 12.4. The summed E-state index contributed by atoms with van der Waals surface area (Å²) >= 11 is 0. The van der Waals surface area contributed by atoms with Crippen molar-refractivity contribution in [2.45, 2.75) is 109 Å². The minimum Gasteiger partial charge on any atom is -0.481 e. The number of amides is 4. The van der Waals surface area contributed by atoms with Gasteiger partial charge in [-0.2, -0.15) is 0 Å². The number of primary amides is 1. The van der Waals surface area contributed by atoms with E-state index in [1.165, 1.54) is 13.3 Å². The summed E-state index contributed by atoms with van der Waals surface area (Å²) in [5, 5.41) is 16.5. The van der Waals surface area contributed by atoms with Crippen molar-refractivity contribution in [3.8, 4) is 0 Å².